The molecule has 4 heteroatoms. The maximum absolute atomic E-state index is 10.7. The van der Waals surface area contributed by atoms with E-state index in [1.54, 1.807) is 0 Å². The monoisotopic (exact) mass is 158 g/mol. The standard InChI is InChI=1S/C7H14N2O2/c1-2-8-7(10)9-11-6-4-3-5-6/h6H,2-5H2,1H3,(H2,8,9,10). The Kier molecular flexibility index (Phi) is 3.16. The van der Waals surface area contributed by atoms with Crippen molar-refractivity contribution < 1.29 is 9.63 Å². The Hall–Kier alpha value is -0.770. The van der Waals surface area contributed by atoms with E-state index in [4.69, 9.17) is 4.84 Å². The second kappa shape index (κ2) is 4.18. The van der Waals surface area contributed by atoms with Gasteiger partial charge in [-0.15, -0.1) is 0 Å². The van der Waals surface area contributed by atoms with Crippen molar-refractivity contribution in [3.63, 3.8) is 0 Å². The summed E-state index contributed by atoms with van der Waals surface area (Å²) in [6.07, 6.45) is 3.58. The van der Waals surface area contributed by atoms with E-state index in [2.05, 4.69) is 10.8 Å². The Labute approximate surface area is 66.3 Å². The van der Waals surface area contributed by atoms with E-state index in [9.17, 15) is 4.79 Å². The van der Waals surface area contributed by atoms with Gasteiger partial charge < -0.3 is 5.32 Å². The molecule has 2 N–H and O–H groups in total. The summed E-state index contributed by atoms with van der Waals surface area (Å²) in [5.41, 5.74) is 2.34. The van der Waals surface area contributed by atoms with E-state index >= 15 is 0 Å². The Morgan fingerprint density at radius 3 is 2.82 bits per heavy atom. The molecule has 0 aromatic carbocycles. The van der Waals surface area contributed by atoms with Gasteiger partial charge in [0.2, 0.25) is 0 Å². The average Bonchev–Trinajstić information content (AvgIpc) is 1.85. The Morgan fingerprint density at radius 2 is 2.36 bits per heavy atom. The highest BCUT2D eigenvalue weighted by Crippen LogP contribution is 2.20. The molecule has 0 spiro atoms. The molecule has 1 saturated carbocycles. The first-order valence-corrected chi connectivity index (χ1v) is 4.02. The Bertz CT molecular complexity index is 134. The first kappa shape index (κ1) is 8.33. The number of rotatable bonds is 3. The molecule has 4 nitrogen and oxygen atoms in total. The quantitative estimate of drug-likeness (QED) is 0.596. The van der Waals surface area contributed by atoms with Crippen molar-refractivity contribution >= 4 is 6.03 Å². The minimum absolute atomic E-state index is 0.248. The molecule has 0 radical (unpaired) electrons. The predicted octanol–water partition coefficient (Wildman–Crippen LogP) is 0.790. The van der Waals surface area contributed by atoms with Crippen LogP contribution in [0.4, 0.5) is 4.79 Å². The van der Waals surface area contributed by atoms with Crippen molar-refractivity contribution in [2.75, 3.05) is 6.54 Å². The van der Waals surface area contributed by atoms with Crippen LogP contribution in [0, 0.1) is 0 Å². The number of carbonyl (C=O) groups is 1. The number of carbonyl (C=O) groups excluding carboxylic acids is 1. The smallest absolute Gasteiger partial charge is 0.337 e. The zero-order valence-corrected chi connectivity index (χ0v) is 6.72. The number of nitrogens with one attached hydrogen (secondary N) is 2. The van der Waals surface area contributed by atoms with Crippen LogP contribution >= 0.6 is 0 Å². The molecule has 0 unspecified atom stereocenters. The molecule has 0 aromatic heterocycles. The van der Waals surface area contributed by atoms with Gasteiger partial charge >= 0.3 is 6.03 Å². The molecule has 1 fully saturated rings. The Balaban J connectivity index is 1.96. The van der Waals surface area contributed by atoms with Gasteiger partial charge in [0.1, 0.15) is 0 Å². The third kappa shape index (κ3) is 2.76. The molecule has 0 heterocycles. The molecule has 2 amide bonds. The molecule has 0 atom stereocenters. The van der Waals surface area contributed by atoms with Gasteiger partial charge in [-0.25, -0.2) is 10.3 Å². The number of hydrogen-bond acceptors (Lipinski definition) is 2. The topological polar surface area (TPSA) is 50.4 Å². The summed E-state index contributed by atoms with van der Waals surface area (Å²) in [4.78, 5) is 15.8. The van der Waals surface area contributed by atoms with Crippen LogP contribution in [0.25, 0.3) is 0 Å². The lowest BCUT2D eigenvalue weighted by atomic mass is 9.97. The van der Waals surface area contributed by atoms with Crippen LogP contribution in [0.1, 0.15) is 26.2 Å². The van der Waals surface area contributed by atoms with Gasteiger partial charge in [0, 0.05) is 6.54 Å². The second-order valence-electron chi connectivity index (χ2n) is 2.63. The third-order valence-electron chi connectivity index (χ3n) is 1.71. The molecule has 1 aliphatic carbocycles. The zero-order valence-electron chi connectivity index (χ0n) is 6.72. The molecule has 1 rings (SSSR count). The minimum Gasteiger partial charge on any atom is -0.337 e. The summed E-state index contributed by atoms with van der Waals surface area (Å²) in [6.45, 7) is 2.49. The minimum atomic E-state index is -0.251. The van der Waals surface area contributed by atoms with Crippen molar-refractivity contribution in [3.05, 3.63) is 0 Å². The maximum Gasteiger partial charge on any atom is 0.338 e. The van der Waals surface area contributed by atoms with Crippen LogP contribution in [-0.2, 0) is 4.84 Å². The molecular weight excluding hydrogens is 144 g/mol. The van der Waals surface area contributed by atoms with Gasteiger partial charge in [-0.1, -0.05) is 0 Å². The highest BCUT2D eigenvalue weighted by atomic mass is 16.7. The van der Waals surface area contributed by atoms with Crippen LogP contribution in [0.3, 0.4) is 0 Å². The lowest BCUT2D eigenvalue weighted by Crippen LogP contribution is -2.39. The third-order valence-corrected chi connectivity index (χ3v) is 1.71. The summed E-state index contributed by atoms with van der Waals surface area (Å²) in [6, 6.07) is -0.251. The van der Waals surface area contributed by atoms with Crippen LogP contribution in [-0.4, -0.2) is 18.7 Å². The fourth-order valence-electron chi connectivity index (χ4n) is 0.822. The lowest BCUT2D eigenvalue weighted by Gasteiger charge is -2.24. The fourth-order valence-corrected chi connectivity index (χ4v) is 0.822. The van der Waals surface area contributed by atoms with Gasteiger partial charge in [0.05, 0.1) is 6.10 Å². The number of urea groups is 1. The first-order valence-electron chi connectivity index (χ1n) is 4.02. The van der Waals surface area contributed by atoms with Crippen LogP contribution in [0.2, 0.25) is 0 Å². The molecule has 64 valence electrons. The second-order valence-corrected chi connectivity index (χ2v) is 2.63. The van der Waals surface area contributed by atoms with Crippen molar-refractivity contribution in [3.8, 4) is 0 Å². The van der Waals surface area contributed by atoms with Crippen molar-refractivity contribution in [2.24, 2.45) is 0 Å². The van der Waals surface area contributed by atoms with Crippen LogP contribution in [0.5, 0.6) is 0 Å². The van der Waals surface area contributed by atoms with E-state index in [0.29, 0.717) is 6.54 Å². The lowest BCUT2D eigenvalue weighted by molar-refractivity contribution is -0.0443. The summed E-state index contributed by atoms with van der Waals surface area (Å²) < 4.78 is 0. The van der Waals surface area contributed by atoms with Crippen LogP contribution < -0.4 is 10.8 Å². The number of hydrogen-bond donors (Lipinski definition) is 2. The van der Waals surface area contributed by atoms with Crippen molar-refractivity contribution in [1.29, 1.82) is 0 Å². The fraction of sp³-hybridized carbons (Fsp3) is 0.857. The van der Waals surface area contributed by atoms with E-state index < -0.39 is 0 Å². The molecule has 1 aliphatic rings. The number of hydroxylamine groups is 1. The van der Waals surface area contributed by atoms with Gasteiger partial charge in [-0.3, -0.25) is 4.84 Å². The van der Waals surface area contributed by atoms with Crippen molar-refractivity contribution in [1.82, 2.24) is 10.8 Å². The molecule has 0 aliphatic heterocycles. The van der Waals surface area contributed by atoms with E-state index in [1.807, 2.05) is 6.92 Å². The molecule has 11 heavy (non-hydrogen) atoms. The summed E-state index contributed by atoms with van der Waals surface area (Å²) in [5, 5.41) is 2.57. The number of amides is 2. The average molecular weight is 158 g/mol. The largest absolute Gasteiger partial charge is 0.338 e. The SMILES string of the molecule is CCNC(=O)NOC1CCC1. The molecule has 0 aromatic rings. The summed E-state index contributed by atoms with van der Waals surface area (Å²) in [7, 11) is 0. The van der Waals surface area contributed by atoms with E-state index in [1.165, 1.54) is 6.42 Å². The first-order chi connectivity index (χ1) is 5.33. The molecule has 0 saturated heterocycles. The van der Waals surface area contributed by atoms with Crippen LogP contribution in [0.15, 0.2) is 0 Å². The molecular formula is C7H14N2O2. The predicted molar refractivity (Wildman–Crippen MR) is 40.9 cm³/mol. The maximum atomic E-state index is 10.7. The summed E-state index contributed by atoms with van der Waals surface area (Å²) in [5.74, 6) is 0. The van der Waals surface area contributed by atoms with Gasteiger partial charge in [-0.2, -0.15) is 0 Å². The van der Waals surface area contributed by atoms with E-state index in [-0.39, 0.29) is 12.1 Å². The zero-order chi connectivity index (χ0) is 8.10. The van der Waals surface area contributed by atoms with Crippen molar-refractivity contribution in [2.45, 2.75) is 32.3 Å². The summed E-state index contributed by atoms with van der Waals surface area (Å²) >= 11 is 0. The van der Waals surface area contributed by atoms with Gasteiger partial charge in [-0.05, 0) is 26.2 Å². The normalized spacial score (nSPS) is 17.2. The van der Waals surface area contributed by atoms with E-state index in [0.717, 1.165) is 12.8 Å². The molecule has 0 bridgehead atoms. The van der Waals surface area contributed by atoms with Gasteiger partial charge in [0.25, 0.3) is 0 Å². The van der Waals surface area contributed by atoms with Gasteiger partial charge in [0.15, 0.2) is 0 Å². The highest BCUT2D eigenvalue weighted by molar-refractivity contribution is 5.72. The Morgan fingerprint density at radius 1 is 1.64 bits per heavy atom. The highest BCUT2D eigenvalue weighted by Gasteiger charge is 2.18.